The van der Waals surface area contributed by atoms with Crippen LogP contribution in [0.2, 0.25) is 0 Å². The van der Waals surface area contributed by atoms with Crippen molar-refractivity contribution in [3.8, 4) is 0 Å². The van der Waals surface area contributed by atoms with Gasteiger partial charge in [0.2, 0.25) is 0 Å². The van der Waals surface area contributed by atoms with Crippen molar-refractivity contribution < 1.29 is 0 Å². The van der Waals surface area contributed by atoms with Crippen LogP contribution in [0, 0.1) is 0 Å². The first kappa shape index (κ1) is 11.8. The Kier molecular flexibility index (Phi) is 4.67. The first-order valence-electron chi connectivity index (χ1n) is 5.31. The van der Waals surface area contributed by atoms with Gasteiger partial charge in [-0.25, -0.2) is 0 Å². The van der Waals surface area contributed by atoms with E-state index in [2.05, 4.69) is 61.0 Å². The maximum atomic E-state index is 3.48. The lowest BCUT2D eigenvalue weighted by atomic mass is 9.95. The molecule has 0 nitrogen and oxygen atoms in total. The summed E-state index contributed by atoms with van der Waals surface area (Å²) >= 11 is 3.48. The summed E-state index contributed by atoms with van der Waals surface area (Å²) in [6.45, 7) is 6.75. The van der Waals surface area contributed by atoms with Crippen molar-refractivity contribution in [2.24, 2.45) is 0 Å². The molecule has 0 aliphatic carbocycles. The number of benzene rings is 1. The van der Waals surface area contributed by atoms with Crippen molar-refractivity contribution in [1.82, 2.24) is 0 Å². The van der Waals surface area contributed by atoms with E-state index in [4.69, 9.17) is 0 Å². The molecule has 0 aliphatic heterocycles. The summed E-state index contributed by atoms with van der Waals surface area (Å²) in [5.41, 5.74) is 2.88. The maximum Gasteiger partial charge on any atom is 0.00370 e. The molecule has 0 heterocycles. The molecule has 1 rings (SSSR count). The molecule has 1 aromatic carbocycles. The zero-order chi connectivity index (χ0) is 10.6. The molecule has 1 aromatic rings. The molecular weight excluding hydrogens is 236 g/mol. The van der Waals surface area contributed by atoms with E-state index in [-0.39, 0.29) is 0 Å². The van der Waals surface area contributed by atoms with Gasteiger partial charge in [0, 0.05) is 5.33 Å². The van der Waals surface area contributed by atoms with Gasteiger partial charge in [-0.15, -0.1) is 0 Å². The number of halogens is 1. The van der Waals surface area contributed by atoms with E-state index in [1.165, 1.54) is 17.5 Å². The monoisotopic (exact) mass is 254 g/mol. The summed E-state index contributed by atoms with van der Waals surface area (Å²) in [6.07, 6.45) is 1.21. The lowest BCUT2D eigenvalue weighted by Crippen LogP contribution is -1.95. The van der Waals surface area contributed by atoms with Gasteiger partial charge in [0.25, 0.3) is 0 Å². The number of hydrogen-bond donors (Lipinski definition) is 0. The smallest absolute Gasteiger partial charge is 0.00370 e. The molecule has 0 saturated heterocycles. The maximum absolute atomic E-state index is 3.48. The Morgan fingerprint density at radius 3 is 1.93 bits per heavy atom. The SMILES string of the molecule is CC(C)c1ccc(C(C)CCBr)cc1. The van der Waals surface area contributed by atoms with E-state index in [9.17, 15) is 0 Å². The lowest BCUT2D eigenvalue weighted by molar-refractivity contribution is 0.742. The highest BCUT2D eigenvalue weighted by Gasteiger charge is 2.05. The summed E-state index contributed by atoms with van der Waals surface area (Å²) in [4.78, 5) is 0. The zero-order valence-electron chi connectivity index (χ0n) is 9.26. The second-order valence-electron chi connectivity index (χ2n) is 4.20. The van der Waals surface area contributed by atoms with E-state index in [0.29, 0.717) is 11.8 Å². The van der Waals surface area contributed by atoms with Crippen molar-refractivity contribution >= 4 is 15.9 Å². The van der Waals surface area contributed by atoms with Crippen LogP contribution >= 0.6 is 15.9 Å². The standard InChI is InChI=1S/C13H19Br/c1-10(2)12-4-6-13(7-5-12)11(3)8-9-14/h4-7,10-11H,8-9H2,1-3H3. The largest absolute Gasteiger partial charge is 0.0928 e. The summed E-state index contributed by atoms with van der Waals surface area (Å²) in [5, 5.41) is 1.08. The average molecular weight is 255 g/mol. The second kappa shape index (κ2) is 5.55. The van der Waals surface area contributed by atoms with Crippen LogP contribution in [0.1, 0.15) is 50.2 Å². The van der Waals surface area contributed by atoms with E-state index in [0.717, 1.165) is 5.33 Å². The topological polar surface area (TPSA) is 0 Å². The molecule has 0 fully saturated rings. The first-order chi connectivity index (χ1) is 6.65. The third-order valence-electron chi connectivity index (χ3n) is 2.71. The van der Waals surface area contributed by atoms with Crippen molar-refractivity contribution in [3.05, 3.63) is 35.4 Å². The summed E-state index contributed by atoms with van der Waals surface area (Å²) in [5.74, 6) is 1.30. The van der Waals surface area contributed by atoms with Gasteiger partial charge in [-0.05, 0) is 29.4 Å². The molecule has 0 amide bonds. The van der Waals surface area contributed by atoms with E-state index in [1.807, 2.05) is 0 Å². The number of alkyl halides is 1. The molecule has 0 saturated carbocycles. The van der Waals surface area contributed by atoms with Crippen molar-refractivity contribution in [2.45, 2.75) is 39.0 Å². The predicted octanol–water partition coefficient (Wildman–Crippen LogP) is 4.70. The lowest BCUT2D eigenvalue weighted by Gasteiger charge is -2.12. The van der Waals surface area contributed by atoms with Gasteiger partial charge >= 0.3 is 0 Å². The molecule has 0 spiro atoms. The number of rotatable bonds is 4. The van der Waals surface area contributed by atoms with Gasteiger partial charge in [-0.2, -0.15) is 0 Å². The fourth-order valence-corrected chi connectivity index (χ4v) is 2.23. The molecule has 0 N–H and O–H groups in total. The van der Waals surface area contributed by atoms with Crippen LogP contribution in [-0.4, -0.2) is 5.33 Å². The molecule has 1 atom stereocenters. The third kappa shape index (κ3) is 3.13. The number of hydrogen-bond acceptors (Lipinski definition) is 0. The Morgan fingerprint density at radius 2 is 1.50 bits per heavy atom. The second-order valence-corrected chi connectivity index (χ2v) is 4.99. The minimum atomic E-state index is 0.635. The van der Waals surface area contributed by atoms with Crippen molar-refractivity contribution in [1.29, 1.82) is 0 Å². The van der Waals surface area contributed by atoms with Gasteiger partial charge in [0.05, 0.1) is 0 Å². The summed E-state index contributed by atoms with van der Waals surface area (Å²) in [6, 6.07) is 9.04. The van der Waals surface area contributed by atoms with Crippen LogP contribution in [0.3, 0.4) is 0 Å². The van der Waals surface area contributed by atoms with Crippen molar-refractivity contribution in [3.63, 3.8) is 0 Å². The normalized spacial score (nSPS) is 13.2. The molecule has 0 radical (unpaired) electrons. The van der Waals surface area contributed by atoms with Gasteiger partial charge in [0.1, 0.15) is 0 Å². The fourth-order valence-electron chi connectivity index (χ4n) is 1.54. The van der Waals surface area contributed by atoms with Crippen molar-refractivity contribution in [2.75, 3.05) is 5.33 Å². The Bertz CT molecular complexity index is 261. The molecule has 0 bridgehead atoms. The molecule has 78 valence electrons. The van der Waals surface area contributed by atoms with Crippen LogP contribution in [0.15, 0.2) is 24.3 Å². The first-order valence-corrected chi connectivity index (χ1v) is 6.43. The molecule has 0 aromatic heterocycles. The minimum absolute atomic E-state index is 0.635. The van der Waals surface area contributed by atoms with Gasteiger partial charge in [-0.1, -0.05) is 61.0 Å². The highest BCUT2D eigenvalue weighted by atomic mass is 79.9. The highest BCUT2D eigenvalue weighted by molar-refractivity contribution is 9.09. The van der Waals surface area contributed by atoms with Crippen LogP contribution in [0.25, 0.3) is 0 Å². The molecule has 1 heteroatoms. The Labute approximate surface area is 95.9 Å². The highest BCUT2D eigenvalue weighted by Crippen LogP contribution is 2.22. The quantitative estimate of drug-likeness (QED) is 0.684. The average Bonchev–Trinajstić information content (AvgIpc) is 2.18. The molecule has 0 aliphatic rings. The molecule has 1 unspecified atom stereocenters. The van der Waals surface area contributed by atoms with Crippen LogP contribution < -0.4 is 0 Å². The zero-order valence-corrected chi connectivity index (χ0v) is 10.8. The van der Waals surface area contributed by atoms with E-state index in [1.54, 1.807) is 0 Å². The Morgan fingerprint density at radius 1 is 1.00 bits per heavy atom. The van der Waals surface area contributed by atoms with Crippen LogP contribution in [0.4, 0.5) is 0 Å². The summed E-state index contributed by atoms with van der Waals surface area (Å²) < 4.78 is 0. The summed E-state index contributed by atoms with van der Waals surface area (Å²) in [7, 11) is 0. The van der Waals surface area contributed by atoms with Gasteiger partial charge in [0.15, 0.2) is 0 Å². The van der Waals surface area contributed by atoms with Gasteiger partial charge in [-0.3, -0.25) is 0 Å². The predicted molar refractivity (Wildman–Crippen MR) is 67.4 cm³/mol. The third-order valence-corrected chi connectivity index (χ3v) is 3.17. The molecular formula is C13H19Br. The fraction of sp³-hybridized carbons (Fsp3) is 0.538. The van der Waals surface area contributed by atoms with E-state index >= 15 is 0 Å². The Hall–Kier alpha value is -0.300. The van der Waals surface area contributed by atoms with Gasteiger partial charge < -0.3 is 0 Å². The Balaban J connectivity index is 2.72. The molecule has 14 heavy (non-hydrogen) atoms. The van der Waals surface area contributed by atoms with Crippen LogP contribution in [0.5, 0.6) is 0 Å². The van der Waals surface area contributed by atoms with Crippen LogP contribution in [-0.2, 0) is 0 Å². The minimum Gasteiger partial charge on any atom is -0.0928 e. The van der Waals surface area contributed by atoms with E-state index < -0.39 is 0 Å².